The van der Waals surface area contributed by atoms with E-state index in [4.69, 9.17) is 4.74 Å². The van der Waals surface area contributed by atoms with E-state index in [-0.39, 0.29) is 17.8 Å². The fraction of sp³-hybridized carbons (Fsp3) is 0.381. The lowest BCUT2D eigenvalue weighted by atomic mass is 9.93. The third-order valence-corrected chi connectivity index (χ3v) is 4.60. The standard InChI is InChI=1S/C21H26N2O4/c1-13-5-4-6-14(9-13)11-21(2,3)22-12-17(25)19-20(26)23-16-10-15(24)7-8-18(16)27-19/h4-10,17,19,22,24-25H,11-12H2,1-3H3,(H,23,26). The molecule has 2 aromatic rings. The van der Waals surface area contributed by atoms with Crippen molar-refractivity contribution in [2.24, 2.45) is 0 Å². The molecule has 4 N–H and O–H groups in total. The third-order valence-electron chi connectivity index (χ3n) is 4.60. The Hall–Kier alpha value is -2.57. The largest absolute Gasteiger partial charge is 0.508 e. The first-order valence-corrected chi connectivity index (χ1v) is 9.03. The molecule has 0 radical (unpaired) electrons. The minimum atomic E-state index is -1.01. The Bertz CT molecular complexity index is 835. The van der Waals surface area contributed by atoms with Gasteiger partial charge in [-0.05, 0) is 44.9 Å². The second kappa shape index (κ2) is 7.58. The van der Waals surface area contributed by atoms with E-state index in [2.05, 4.69) is 49.6 Å². The van der Waals surface area contributed by atoms with Crippen LogP contribution < -0.4 is 15.4 Å². The van der Waals surface area contributed by atoms with Crippen molar-refractivity contribution in [1.82, 2.24) is 5.32 Å². The zero-order chi connectivity index (χ0) is 19.6. The first-order valence-electron chi connectivity index (χ1n) is 9.03. The van der Waals surface area contributed by atoms with Crippen molar-refractivity contribution in [2.75, 3.05) is 11.9 Å². The maximum atomic E-state index is 12.3. The molecule has 0 aliphatic carbocycles. The Labute approximate surface area is 159 Å². The number of ether oxygens (including phenoxy) is 1. The molecule has 27 heavy (non-hydrogen) atoms. The summed E-state index contributed by atoms with van der Waals surface area (Å²) in [5, 5.41) is 26.0. The van der Waals surface area contributed by atoms with Gasteiger partial charge < -0.3 is 25.6 Å². The van der Waals surface area contributed by atoms with E-state index in [0.717, 1.165) is 6.42 Å². The van der Waals surface area contributed by atoms with E-state index >= 15 is 0 Å². The van der Waals surface area contributed by atoms with Gasteiger partial charge >= 0.3 is 0 Å². The van der Waals surface area contributed by atoms with Crippen LogP contribution in [0, 0.1) is 6.92 Å². The van der Waals surface area contributed by atoms with Gasteiger partial charge in [-0.2, -0.15) is 0 Å². The van der Waals surface area contributed by atoms with E-state index in [1.165, 1.54) is 23.3 Å². The van der Waals surface area contributed by atoms with Crippen molar-refractivity contribution in [3.63, 3.8) is 0 Å². The quantitative estimate of drug-likeness (QED) is 0.627. The number of aliphatic hydroxyl groups excluding tert-OH is 1. The van der Waals surface area contributed by atoms with Crippen molar-refractivity contribution in [3.05, 3.63) is 53.6 Å². The number of fused-ring (bicyclic) bond motifs is 1. The van der Waals surface area contributed by atoms with Gasteiger partial charge in [0.05, 0.1) is 5.69 Å². The topological polar surface area (TPSA) is 90.8 Å². The SMILES string of the molecule is Cc1cccc(CC(C)(C)NCC(O)C2Oc3ccc(O)cc3NC2=O)c1. The molecule has 0 spiro atoms. The molecule has 1 aliphatic rings. The van der Waals surface area contributed by atoms with E-state index < -0.39 is 18.1 Å². The third kappa shape index (κ3) is 4.78. The van der Waals surface area contributed by atoms with Crippen molar-refractivity contribution < 1.29 is 19.7 Å². The van der Waals surface area contributed by atoms with Gasteiger partial charge in [0, 0.05) is 18.2 Å². The summed E-state index contributed by atoms with van der Waals surface area (Å²) in [4.78, 5) is 12.3. The summed E-state index contributed by atoms with van der Waals surface area (Å²) < 4.78 is 5.65. The van der Waals surface area contributed by atoms with Crippen LogP contribution in [0.4, 0.5) is 5.69 Å². The highest BCUT2D eigenvalue weighted by atomic mass is 16.5. The number of benzene rings is 2. The van der Waals surface area contributed by atoms with Gasteiger partial charge in [0.1, 0.15) is 17.6 Å². The maximum absolute atomic E-state index is 12.3. The lowest BCUT2D eigenvalue weighted by Crippen LogP contribution is -2.53. The fourth-order valence-corrected chi connectivity index (χ4v) is 3.25. The van der Waals surface area contributed by atoms with Gasteiger partial charge in [-0.15, -0.1) is 0 Å². The van der Waals surface area contributed by atoms with Crippen molar-refractivity contribution in [3.8, 4) is 11.5 Å². The van der Waals surface area contributed by atoms with E-state index in [9.17, 15) is 15.0 Å². The van der Waals surface area contributed by atoms with Crippen LogP contribution >= 0.6 is 0 Å². The number of phenolic OH excluding ortho intramolecular Hbond substituents is 1. The Balaban J connectivity index is 1.60. The number of hydrogen-bond donors (Lipinski definition) is 4. The average Bonchev–Trinajstić information content (AvgIpc) is 2.58. The number of anilines is 1. The molecular formula is C21H26N2O4. The normalized spacial score (nSPS) is 17.6. The van der Waals surface area contributed by atoms with Crippen LogP contribution in [-0.2, 0) is 11.2 Å². The number of aryl methyl sites for hydroxylation is 1. The molecule has 2 unspecified atom stereocenters. The number of nitrogens with one attached hydrogen (secondary N) is 2. The van der Waals surface area contributed by atoms with Crippen LogP contribution in [-0.4, -0.2) is 40.4 Å². The van der Waals surface area contributed by atoms with E-state index in [1.807, 2.05) is 6.07 Å². The first-order chi connectivity index (χ1) is 12.7. The van der Waals surface area contributed by atoms with Crippen LogP contribution in [0.5, 0.6) is 11.5 Å². The molecule has 0 saturated heterocycles. The highest BCUT2D eigenvalue weighted by molar-refractivity contribution is 5.98. The molecule has 6 heteroatoms. The molecule has 1 amide bonds. The van der Waals surface area contributed by atoms with Gasteiger partial charge in [0.2, 0.25) is 6.10 Å². The number of β-amino-alcohol motifs (C(OH)–C–C–N with tert-alkyl or cyclic N) is 1. The summed E-state index contributed by atoms with van der Waals surface area (Å²) in [5.41, 5.74) is 2.56. The number of rotatable bonds is 6. The van der Waals surface area contributed by atoms with Gasteiger partial charge in [0.25, 0.3) is 5.91 Å². The maximum Gasteiger partial charge on any atom is 0.268 e. The molecule has 0 bridgehead atoms. The number of aliphatic hydroxyl groups is 1. The minimum absolute atomic E-state index is 0.0382. The second-order valence-electron chi connectivity index (χ2n) is 7.71. The molecule has 0 aromatic heterocycles. The molecule has 2 aromatic carbocycles. The molecule has 1 heterocycles. The number of carbonyl (C=O) groups is 1. The molecule has 0 fully saturated rings. The van der Waals surface area contributed by atoms with Gasteiger partial charge in [-0.1, -0.05) is 29.8 Å². The second-order valence-corrected chi connectivity index (χ2v) is 7.71. The fourth-order valence-electron chi connectivity index (χ4n) is 3.25. The summed E-state index contributed by atoms with van der Waals surface area (Å²) in [5.74, 6) is 0.0329. The molecule has 2 atom stereocenters. The number of hydrogen-bond acceptors (Lipinski definition) is 5. The molecular weight excluding hydrogens is 344 g/mol. The predicted octanol–water partition coefficient (Wildman–Crippen LogP) is 2.37. The highest BCUT2D eigenvalue weighted by Crippen LogP contribution is 2.33. The van der Waals surface area contributed by atoms with Gasteiger partial charge in [0.15, 0.2) is 0 Å². The zero-order valence-corrected chi connectivity index (χ0v) is 15.8. The number of amides is 1. The summed E-state index contributed by atoms with van der Waals surface area (Å²) in [6.07, 6.45) is -1.23. The average molecular weight is 370 g/mol. The molecule has 3 rings (SSSR count). The molecule has 144 valence electrons. The summed E-state index contributed by atoms with van der Waals surface area (Å²) in [6.45, 7) is 6.39. The Morgan fingerprint density at radius 2 is 2.04 bits per heavy atom. The monoisotopic (exact) mass is 370 g/mol. The van der Waals surface area contributed by atoms with Crippen LogP contribution in [0.15, 0.2) is 42.5 Å². The lowest BCUT2D eigenvalue weighted by molar-refractivity contribution is -0.128. The zero-order valence-electron chi connectivity index (χ0n) is 15.8. The van der Waals surface area contributed by atoms with E-state index in [0.29, 0.717) is 11.4 Å². The van der Waals surface area contributed by atoms with Crippen molar-refractivity contribution in [2.45, 2.75) is 44.9 Å². The number of aromatic hydroxyl groups is 1. The van der Waals surface area contributed by atoms with Crippen LogP contribution in [0.3, 0.4) is 0 Å². The number of carbonyl (C=O) groups excluding carboxylic acids is 1. The molecule has 0 saturated carbocycles. The van der Waals surface area contributed by atoms with Gasteiger partial charge in [-0.3, -0.25) is 4.79 Å². The van der Waals surface area contributed by atoms with Crippen LogP contribution in [0.25, 0.3) is 0 Å². The first kappa shape index (κ1) is 19.2. The summed E-state index contributed by atoms with van der Waals surface area (Å²) >= 11 is 0. The summed E-state index contributed by atoms with van der Waals surface area (Å²) in [6, 6.07) is 12.8. The Morgan fingerprint density at radius 3 is 2.78 bits per heavy atom. The predicted molar refractivity (Wildman–Crippen MR) is 104 cm³/mol. The number of phenols is 1. The lowest BCUT2D eigenvalue weighted by Gasteiger charge is -2.32. The Kier molecular flexibility index (Phi) is 5.39. The highest BCUT2D eigenvalue weighted by Gasteiger charge is 2.34. The van der Waals surface area contributed by atoms with Crippen molar-refractivity contribution in [1.29, 1.82) is 0 Å². The van der Waals surface area contributed by atoms with Crippen molar-refractivity contribution >= 4 is 11.6 Å². The Morgan fingerprint density at radius 1 is 1.26 bits per heavy atom. The molecule has 1 aliphatic heterocycles. The van der Waals surface area contributed by atoms with Gasteiger partial charge in [-0.25, -0.2) is 0 Å². The summed E-state index contributed by atoms with van der Waals surface area (Å²) in [7, 11) is 0. The molecule has 6 nitrogen and oxygen atoms in total. The minimum Gasteiger partial charge on any atom is -0.508 e. The smallest absolute Gasteiger partial charge is 0.268 e. The van der Waals surface area contributed by atoms with Crippen LogP contribution in [0.2, 0.25) is 0 Å². The van der Waals surface area contributed by atoms with Crippen LogP contribution in [0.1, 0.15) is 25.0 Å². The van der Waals surface area contributed by atoms with E-state index in [1.54, 1.807) is 6.07 Å².